The largest absolute Gasteiger partial charge is 0.483 e. The highest BCUT2D eigenvalue weighted by molar-refractivity contribution is 7.90. The van der Waals surface area contributed by atoms with Gasteiger partial charge in [0.25, 0.3) is 5.91 Å². The average Bonchev–Trinajstić information content (AvgIpc) is 2.46. The first-order valence-electron chi connectivity index (χ1n) is 6.64. The minimum atomic E-state index is -3.24. The van der Waals surface area contributed by atoms with Crippen LogP contribution >= 0.6 is 0 Å². The highest BCUT2D eigenvalue weighted by atomic mass is 32.2. The minimum Gasteiger partial charge on any atom is -0.483 e. The van der Waals surface area contributed by atoms with Gasteiger partial charge in [0.05, 0.1) is 4.90 Å². The first kappa shape index (κ1) is 16.0. The van der Waals surface area contributed by atoms with E-state index >= 15 is 0 Å². The van der Waals surface area contributed by atoms with E-state index in [1.807, 2.05) is 25.1 Å². The van der Waals surface area contributed by atoms with Crippen LogP contribution in [0.5, 0.6) is 5.75 Å². The van der Waals surface area contributed by atoms with Gasteiger partial charge in [-0.3, -0.25) is 4.79 Å². The molecule has 0 saturated carbocycles. The number of amides is 1. The molecule has 0 unspecified atom stereocenters. The SMILES string of the molecule is Cc1ccccc1OCC(=O)Nc1ccc(S(C)(=O)=O)cc1. The van der Waals surface area contributed by atoms with Crippen molar-refractivity contribution in [2.45, 2.75) is 11.8 Å². The third kappa shape index (κ3) is 4.33. The van der Waals surface area contributed by atoms with Crippen molar-refractivity contribution in [1.29, 1.82) is 0 Å². The molecule has 0 spiro atoms. The molecule has 1 N–H and O–H groups in total. The van der Waals surface area contributed by atoms with Crippen LogP contribution in [0.15, 0.2) is 53.4 Å². The van der Waals surface area contributed by atoms with Crippen LogP contribution in [0.2, 0.25) is 0 Å². The number of para-hydroxylation sites is 1. The zero-order valence-corrected chi connectivity index (χ0v) is 13.2. The van der Waals surface area contributed by atoms with Crippen LogP contribution in [0, 0.1) is 6.92 Å². The van der Waals surface area contributed by atoms with Crippen molar-refractivity contribution >= 4 is 21.4 Å². The molecule has 2 aromatic carbocycles. The molecule has 0 atom stereocenters. The fraction of sp³-hybridized carbons (Fsp3) is 0.188. The van der Waals surface area contributed by atoms with Gasteiger partial charge in [0.1, 0.15) is 5.75 Å². The van der Waals surface area contributed by atoms with Crippen molar-refractivity contribution in [3.8, 4) is 5.75 Å². The number of carbonyl (C=O) groups is 1. The molecule has 0 heterocycles. The van der Waals surface area contributed by atoms with Gasteiger partial charge in [-0.25, -0.2) is 8.42 Å². The van der Waals surface area contributed by atoms with E-state index in [0.717, 1.165) is 11.8 Å². The number of ether oxygens (including phenoxy) is 1. The van der Waals surface area contributed by atoms with Gasteiger partial charge in [-0.2, -0.15) is 0 Å². The lowest BCUT2D eigenvalue weighted by atomic mass is 10.2. The third-order valence-corrected chi connectivity index (χ3v) is 4.15. The maximum atomic E-state index is 11.8. The third-order valence-electron chi connectivity index (χ3n) is 3.02. The van der Waals surface area contributed by atoms with Gasteiger partial charge in [-0.05, 0) is 42.8 Å². The predicted molar refractivity (Wildman–Crippen MR) is 84.9 cm³/mol. The molecule has 1 amide bonds. The van der Waals surface area contributed by atoms with Crippen molar-refractivity contribution in [1.82, 2.24) is 0 Å². The Morgan fingerprint density at radius 2 is 1.73 bits per heavy atom. The van der Waals surface area contributed by atoms with Gasteiger partial charge >= 0.3 is 0 Å². The molecule has 0 saturated heterocycles. The summed E-state index contributed by atoms with van der Waals surface area (Å²) in [7, 11) is -3.24. The Kier molecular flexibility index (Phi) is 4.82. The Balaban J connectivity index is 1.94. The highest BCUT2D eigenvalue weighted by Crippen LogP contribution is 2.17. The Morgan fingerprint density at radius 1 is 1.09 bits per heavy atom. The summed E-state index contributed by atoms with van der Waals surface area (Å²) in [6.07, 6.45) is 1.14. The molecule has 0 aromatic heterocycles. The summed E-state index contributed by atoms with van der Waals surface area (Å²) in [5, 5.41) is 2.65. The molecule has 2 rings (SSSR count). The molecule has 0 aliphatic heterocycles. The van der Waals surface area contributed by atoms with Crippen molar-refractivity contribution in [3.05, 3.63) is 54.1 Å². The molecule has 2 aromatic rings. The molecule has 0 bridgehead atoms. The number of nitrogens with one attached hydrogen (secondary N) is 1. The van der Waals surface area contributed by atoms with E-state index in [-0.39, 0.29) is 17.4 Å². The van der Waals surface area contributed by atoms with Gasteiger partial charge in [0, 0.05) is 11.9 Å². The number of rotatable bonds is 5. The van der Waals surface area contributed by atoms with E-state index in [1.165, 1.54) is 12.1 Å². The van der Waals surface area contributed by atoms with Gasteiger partial charge < -0.3 is 10.1 Å². The number of hydrogen-bond donors (Lipinski definition) is 1. The molecule has 6 heteroatoms. The predicted octanol–water partition coefficient (Wildman–Crippen LogP) is 2.42. The number of aryl methyl sites for hydroxylation is 1. The summed E-state index contributed by atoms with van der Waals surface area (Å²) in [4.78, 5) is 12.0. The van der Waals surface area contributed by atoms with E-state index in [1.54, 1.807) is 18.2 Å². The van der Waals surface area contributed by atoms with E-state index < -0.39 is 9.84 Å². The van der Waals surface area contributed by atoms with Gasteiger partial charge in [0.2, 0.25) is 0 Å². The monoisotopic (exact) mass is 319 g/mol. The van der Waals surface area contributed by atoms with Crippen molar-refractivity contribution in [3.63, 3.8) is 0 Å². The first-order chi connectivity index (χ1) is 10.4. The number of benzene rings is 2. The average molecular weight is 319 g/mol. The minimum absolute atomic E-state index is 0.112. The molecule has 5 nitrogen and oxygen atoms in total. The summed E-state index contributed by atoms with van der Waals surface area (Å²) >= 11 is 0. The lowest BCUT2D eigenvalue weighted by Crippen LogP contribution is -2.20. The van der Waals surface area contributed by atoms with Crippen LogP contribution in [-0.2, 0) is 14.6 Å². The van der Waals surface area contributed by atoms with Crippen molar-refractivity contribution in [2.24, 2.45) is 0 Å². The molecule has 22 heavy (non-hydrogen) atoms. The van der Waals surface area contributed by atoms with Gasteiger partial charge in [0.15, 0.2) is 16.4 Å². The maximum absolute atomic E-state index is 11.8. The number of carbonyl (C=O) groups excluding carboxylic acids is 1. The van der Waals surface area contributed by atoms with Crippen LogP contribution in [-0.4, -0.2) is 27.2 Å². The van der Waals surface area contributed by atoms with Crippen LogP contribution in [0.4, 0.5) is 5.69 Å². The van der Waals surface area contributed by atoms with E-state index in [9.17, 15) is 13.2 Å². The van der Waals surface area contributed by atoms with Gasteiger partial charge in [-0.15, -0.1) is 0 Å². The fourth-order valence-corrected chi connectivity index (χ4v) is 2.47. The maximum Gasteiger partial charge on any atom is 0.262 e. The second-order valence-corrected chi connectivity index (χ2v) is 6.91. The lowest BCUT2D eigenvalue weighted by Gasteiger charge is -2.09. The first-order valence-corrected chi connectivity index (χ1v) is 8.54. The second kappa shape index (κ2) is 6.62. The zero-order chi connectivity index (χ0) is 16.2. The molecule has 0 aliphatic rings. The van der Waals surface area contributed by atoms with E-state index in [2.05, 4.69) is 5.32 Å². The van der Waals surface area contributed by atoms with Crippen LogP contribution in [0.1, 0.15) is 5.56 Å². The number of hydrogen-bond acceptors (Lipinski definition) is 4. The summed E-state index contributed by atoms with van der Waals surface area (Å²) < 4.78 is 28.1. The van der Waals surface area contributed by atoms with E-state index in [4.69, 9.17) is 4.74 Å². The lowest BCUT2D eigenvalue weighted by molar-refractivity contribution is -0.118. The summed E-state index contributed by atoms with van der Waals surface area (Å²) in [5.74, 6) is 0.348. The van der Waals surface area contributed by atoms with Gasteiger partial charge in [-0.1, -0.05) is 18.2 Å². The number of sulfone groups is 1. The molecule has 0 aliphatic carbocycles. The zero-order valence-electron chi connectivity index (χ0n) is 12.4. The second-order valence-electron chi connectivity index (χ2n) is 4.90. The molecule has 0 radical (unpaired) electrons. The van der Waals surface area contributed by atoms with Crippen LogP contribution in [0.3, 0.4) is 0 Å². The summed E-state index contributed by atoms with van der Waals surface area (Å²) in [5.41, 5.74) is 1.47. The molecule has 0 fully saturated rings. The fourth-order valence-electron chi connectivity index (χ4n) is 1.84. The Morgan fingerprint density at radius 3 is 2.32 bits per heavy atom. The van der Waals surface area contributed by atoms with Crippen molar-refractivity contribution < 1.29 is 17.9 Å². The Hall–Kier alpha value is -2.34. The van der Waals surface area contributed by atoms with E-state index in [0.29, 0.717) is 11.4 Å². The Bertz CT molecular complexity index is 767. The topological polar surface area (TPSA) is 72.5 Å². The van der Waals surface area contributed by atoms with Crippen LogP contribution < -0.4 is 10.1 Å². The number of anilines is 1. The normalized spacial score (nSPS) is 11.0. The summed E-state index contributed by atoms with van der Waals surface area (Å²) in [6, 6.07) is 13.4. The summed E-state index contributed by atoms with van der Waals surface area (Å²) in [6.45, 7) is 1.79. The molecular weight excluding hydrogens is 302 g/mol. The molecule has 116 valence electrons. The van der Waals surface area contributed by atoms with Crippen LogP contribution in [0.25, 0.3) is 0 Å². The standard InChI is InChI=1S/C16H17NO4S/c1-12-5-3-4-6-15(12)21-11-16(18)17-13-7-9-14(10-8-13)22(2,19)20/h3-10H,11H2,1-2H3,(H,17,18). The Labute approximate surface area is 129 Å². The quantitative estimate of drug-likeness (QED) is 0.918. The highest BCUT2D eigenvalue weighted by Gasteiger charge is 2.08. The van der Waals surface area contributed by atoms with Crippen molar-refractivity contribution in [2.75, 3.05) is 18.2 Å². The molecular formula is C16H17NO4S. The smallest absolute Gasteiger partial charge is 0.262 e.